The third-order valence-electron chi connectivity index (χ3n) is 10.4. The Kier molecular flexibility index (Phi) is 3.80. The van der Waals surface area contributed by atoms with Crippen molar-refractivity contribution in [3.8, 4) is 6.07 Å². The van der Waals surface area contributed by atoms with Gasteiger partial charge in [-0.15, -0.1) is 0 Å². The highest BCUT2D eigenvalue weighted by atomic mass is 16.1. The summed E-state index contributed by atoms with van der Waals surface area (Å²) < 4.78 is 0. The predicted molar refractivity (Wildman–Crippen MR) is 107 cm³/mol. The van der Waals surface area contributed by atoms with Gasteiger partial charge in [-0.1, -0.05) is 33.3 Å². The van der Waals surface area contributed by atoms with E-state index in [-0.39, 0.29) is 10.8 Å². The minimum absolute atomic E-state index is 0.0835. The number of nitrogens with zero attached hydrogens (tertiary/aromatic N) is 1. The fourth-order valence-electron chi connectivity index (χ4n) is 9.62. The Morgan fingerprint density at radius 3 is 2.59 bits per heavy atom. The van der Waals surface area contributed by atoms with Crippen LogP contribution in [0.3, 0.4) is 0 Å². The number of nitriles is 1. The average Bonchev–Trinajstić information content (AvgIpc) is 3.23. The predicted octanol–water partition coefficient (Wildman–Crippen LogP) is 5.79. The monoisotopic (exact) mass is 365 g/mol. The lowest BCUT2D eigenvalue weighted by Gasteiger charge is -2.60. The van der Waals surface area contributed by atoms with Gasteiger partial charge in [0.25, 0.3) is 0 Å². The van der Waals surface area contributed by atoms with Crippen LogP contribution in [0.15, 0.2) is 11.6 Å². The lowest BCUT2D eigenvalue weighted by Crippen LogP contribution is -2.55. The van der Waals surface area contributed by atoms with E-state index in [1.165, 1.54) is 24.8 Å². The summed E-state index contributed by atoms with van der Waals surface area (Å²) in [5, 5.41) is 10.4. The lowest BCUT2D eigenvalue weighted by atomic mass is 9.43. The van der Waals surface area contributed by atoms with E-state index < -0.39 is 0 Å². The molecule has 0 bridgehead atoms. The van der Waals surface area contributed by atoms with E-state index in [2.05, 4.69) is 33.8 Å². The number of allylic oxidation sites excluding steroid dienone is 1. The molecule has 10 atom stereocenters. The van der Waals surface area contributed by atoms with E-state index in [4.69, 9.17) is 0 Å². The molecule has 2 nitrogen and oxygen atoms in total. The second-order valence-electron chi connectivity index (χ2n) is 10.7. The Bertz CT molecular complexity index is 746. The molecule has 4 fully saturated rings. The van der Waals surface area contributed by atoms with E-state index in [0.29, 0.717) is 23.5 Å². The summed E-state index contributed by atoms with van der Waals surface area (Å²) in [7, 11) is 0. The molecular weight excluding hydrogens is 330 g/mol. The summed E-state index contributed by atoms with van der Waals surface area (Å²) in [6, 6.07) is 2.96. The van der Waals surface area contributed by atoms with Gasteiger partial charge in [0, 0.05) is 6.42 Å². The Labute approximate surface area is 164 Å². The molecule has 5 aliphatic carbocycles. The molecule has 146 valence electrons. The molecule has 0 saturated heterocycles. The third kappa shape index (κ3) is 1.95. The second kappa shape index (κ2) is 5.71. The minimum atomic E-state index is -0.0835. The molecule has 0 spiro atoms. The summed E-state index contributed by atoms with van der Waals surface area (Å²) in [5.41, 5.74) is 1.64. The number of rotatable bonds is 2. The Morgan fingerprint density at radius 2 is 1.93 bits per heavy atom. The van der Waals surface area contributed by atoms with Crippen LogP contribution in [-0.2, 0) is 4.79 Å². The van der Waals surface area contributed by atoms with Gasteiger partial charge in [-0.3, -0.25) is 4.79 Å². The molecule has 0 aromatic rings. The molecule has 0 radical (unpaired) electrons. The van der Waals surface area contributed by atoms with E-state index in [1.54, 1.807) is 0 Å². The van der Waals surface area contributed by atoms with Gasteiger partial charge in [0.15, 0.2) is 5.78 Å². The van der Waals surface area contributed by atoms with Crippen molar-refractivity contribution in [2.24, 2.45) is 58.2 Å². The van der Waals surface area contributed by atoms with Crippen molar-refractivity contribution in [2.75, 3.05) is 0 Å². The molecular formula is C25H35NO. The third-order valence-corrected chi connectivity index (χ3v) is 10.4. The molecule has 0 aromatic heterocycles. The zero-order valence-corrected chi connectivity index (χ0v) is 17.5. The first-order valence-electron chi connectivity index (χ1n) is 11.6. The van der Waals surface area contributed by atoms with Gasteiger partial charge >= 0.3 is 0 Å². The zero-order valence-electron chi connectivity index (χ0n) is 17.5. The highest BCUT2D eigenvalue weighted by Gasteiger charge is 2.79. The molecule has 0 aliphatic heterocycles. The summed E-state index contributed by atoms with van der Waals surface area (Å²) in [6.07, 6.45) is 9.75. The molecule has 0 N–H and O–H groups in total. The van der Waals surface area contributed by atoms with Crippen LogP contribution in [-0.4, -0.2) is 5.78 Å². The van der Waals surface area contributed by atoms with Crippen LogP contribution in [0.2, 0.25) is 0 Å². The van der Waals surface area contributed by atoms with Gasteiger partial charge in [-0.2, -0.15) is 5.26 Å². The Balaban J connectivity index is 1.59. The fourth-order valence-corrected chi connectivity index (χ4v) is 9.62. The Hall–Kier alpha value is -1.10. The van der Waals surface area contributed by atoms with Crippen molar-refractivity contribution in [2.45, 2.75) is 72.6 Å². The van der Waals surface area contributed by atoms with Gasteiger partial charge in [0.1, 0.15) is 0 Å². The molecule has 5 rings (SSSR count). The Morgan fingerprint density at radius 1 is 1.15 bits per heavy atom. The molecule has 3 unspecified atom stereocenters. The second-order valence-corrected chi connectivity index (χ2v) is 10.7. The van der Waals surface area contributed by atoms with E-state index in [0.717, 1.165) is 55.3 Å². The van der Waals surface area contributed by atoms with Crippen LogP contribution < -0.4 is 0 Å². The first kappa shape index (κ1) is 18.0. The van der Waals surface area contributed by atoms with E-state index in [1.807, 2.05) is 6.08 Å². The van der Waals surface area contributed by atoms with Crippen molar-refractivity contribution in [3.63, 3.8) is 0 Å². The summed E-state index contributed by atoms with van der Waals surface area (Å²) >= 11 is 0. The first-order valence-corrected chi connectivity index (χ1v) is 11.6. The number of carbonyl (C=O) groups is 1. The van der Waals surface area contributed by atoms with Gasteiger partial charge in [-0.25, -0.2) is 0 Å². The minimum Gasteiger partial charge on any atom is -0.295 e. The average molecular weight is 366 g/mol. The maximum Gasteiger partial charge on any atom is 0.155 e. The van der Waals surface area contributed by atoms with Gasteiger partial charge in [-0.05, 0) is 97.4 Å². The maximum atomic E-state index is 12.0. The van der Waals surface area contributed by atoms with Crippen LogP contribution >= 0.6 is 0 Å². The summed E-state index contributed by atoms with van der Waals surface area (Å²) in [4.78, 5) is 12.0. The van der Waals surface area contributed by atoms with Gasteiger partial charge < -0.3 is 0 Å². The van der Waals surface area contributed by atoms with Gasteiger partial charge in [0.05, 0.1) is 11.5 Å². The fraction of sp³-hybridized carbons (Fsp3) is 0.840. The van der Waals surface area contributed by atoms with Gasteiger partial charge in [0.2, 0.25) is 0 Å². The van der Waals surface area contributed by atoms with E-state index in [9.17, 15) is 10.1 Å². The molecule has 0 amide bonds. The lowest BCUT2D eigenvalue weighted by molar-refractivity contribution is -0.118. The number of fused-ring (bicyclic) bond motifs is 7. The molecule has 27 heavy (non-hydrogen) atoms. The smallest absolute Gasteiger partial charge is 0.155 e. The maximum absolute atomic E-state index is 12.0. The van der Waals surface area contributed by atoms with E-state index >= 15 is 0 Å². The first-order chi connectivity index (χ1) is 13.0. The van der Waals surface area contributed by atoms with Crippen LogP contribution in [0.25, 0.3) is 0 Å². The van der Waals surface area contributed by atoms with Crippen molar-refractivity contribution < 1.29 is 4.79 Å². The highest BCUT2D eigenvalue weighted by Crippen LogP contribution is 2.82. The zero-order chi connectivity index (χ0) is 19.1. The largest absolute Gasteiger partial charge is 0.295 e. The number of ketones is 1. The highest BCUT2D eigenvalue weighted by molar-refractivity contribution is 5.91. The number of hydrogen-bond acceptors (Lipinski definition) is 2. The van der Waals surface area contributed by atoms with Crippen molar-refractivity contribution >= 4 is 5.78 Å². The van der Waals surface area contributed by atoms with Crippen LogP contribution in [0.1, 0.15) is 72.6 Å². The van der Waals surface area contributed by atoms with Crippen LogP contribution in [0.5, 0.6) is 0 Å². The molecule has 0 heterocycles. The van der Waals surface area contributed by atoms with Crippen molar-refractivity contribution in [1.82, 2.24) is 0 Å². The number of hydrogen-bond donors (Lipinski definition) is 0. The van der Waals surface area contributed by atoms with Crippen LogP contribution in [0, 0.1) is 69.5 Å². The van der Waals surface area contributed by atoms with Crippen molar-refractivity contribution in [1.29, 1.82) is 5.26 Å². The quantitative estimate of drug-likeness (QED) is 0.622. The summed E-state index contributed by atoms with van der Waals surface area (Å²) in [6.45, 7) is 9.55. The standard InChI is InChI=1S/C25H35NO/c1-5-24-10-9-19-18-8-7-17(27)12-16(18)11-14(3)20(19)23(24)21-15(4)22(21)25(24,6-2)13-26/h12,14-15,18-23H,5-11H2,1-4H3/t14-,15?,18+,19-,20-,21?,22?,23-,24+,25+/m1/s1. The molecule has 4 saturated carbocycles. The molecule has 2 heteroatoms. The number of carbonyl (C=O) groups excluding carboxylic acids is 1. The SMILES string of the molecule is CC[C@]12CC[C@H]3[C@@H]([C@H](C)CC4=CC(=O)CC[C@@H]43)[C@@H]1C1C(C)C1[C@@]2(C#N)CC. The topological polar surface area (TPSA) is 40.9 Å². The summed E-state index contributed by atoms with van der Waals surface area (Å²) in [5.74, 6) is 6.14. The molecule has 0 aromatic carbocycles. The molecule has 5 aliphatic rings. The normalized spacial score (nSPS) is 55.5. The van der Waals surface area contributed by atoms with Crippen LogP contribution in [0.4, 0.5) is 0 Å². The van der Waals surface area contributed by atoms with Crippen molar-refractivity contribution in [3.05, 3.63) is 11.6 Å².